The molecule has 2 atom stereocenters. The maximum atomic E-state index is 6.02. The Hall–Kier alpha value is -2.00. The van der Waals surface area contributed by atoms with E-state index in [0.717, 1.165) is 11.5 Å². The van der Waals surface area contributed by atoms with Crippen molar-refractivity contribution in [1.29, 1.82) is 0 Å². The SMILES string of the molecule is CC(c1ccccc1)C(CN)c1ccc2c(c1)OCO2. The minimum Gasteiger partial charge on any atom is -0.454 e. The van der Waals surface area contributed by atoms with Gasteiger partial charge in [0.05, 0.1) is 0 Å². The normalized spacial score (nSPS) is 15.9. The number of hydrogen-bond donors (Lipinski definition) is 1. The van der Waals surface area contributed by atoms with E-state index in [1.165, 1.54) is 11.1 Å². The smallest absolute Gasteiger partial charge is 0.231 e. The van der Waals surface area contributed by atoms with Gasteiger partial charge in [0, 0.05) is 5.92 Å². The molecule has 0 aliphatic carbocycles. The fourth-order valence-electron chi connectivity index (χ4n) is 2.76. The molecule has 1 heterocycles. The maximum Gasteiger partial charge on any atom is 0.231 e. The quantitative estimate of drug-likeness (QED) is 0.926. The zero-order valence-electron chi connectivity index (χ0n) is 11.6. The van der Waals surface area contributed by atoms with Crippen LogP contribution in [-0.4, -0.2) is 13.3 Å². The molecule has 0 amide bonds. The van der Waals surface area contributed by atoms with Gasteiger partial charge in [-0.3, -0.25) is 0 Å². The first-order valence-corrected chi connectivity index (χ1v) is 6.94. The summed E-state index contributed by atoms with van der Waals surface area (Å²) in [7, 11) is 0. The van der Waals surface area contributed by atoms with Crippen LogP contribution in [0.4, 0.5) is 0 Å². The van der Waals surface area contributed by atoms with E-state index >= 15 is 0 Å². The maximum absolute atomic E-state index is 6.02. The first-order chi connectivity index (χ1) is 9.79. The lowest BCUT2D eigenvalue weighted by atomic mass is 9.82. The van der Waals surface area contributed by atoms with Crippen molar-refractivity contribution in [2.75, 3.05) is 13.3 Å². The minimum absolute atomic E-state index is 0.270. The zero-order chi connectivity index (χ0) is 13.9. The molecule has 0 aromatic heterocycles. The van der Waals surface area contributed by atoms with E-state index < -0.39 is 0 Å². The van der Waals surface area contributed by atoms with Gasteiger partial charge in [0.2, 0.25) is 6.79 Å². The van der Waals surface area contributed by atoms with Crippen LogP contribution >= 0.6 is 0 Å². The van der Waals surface area contributed by atoms with E-state index in [1.807, 2.05) is 12.1 Å². The number of benzene rings is 2. The Labute approximate surface area is 119 Å². The molecule has 20 heavy (non-hydrogen) atoms. The monoisotopic (exact) mass is 269 g/mol. The summed E-state index contributed by atoms with van der Waals surface area (Å²) >= 11 is 0. The number of ether oxygens (including phenoxy) is 2. The second-order valence-corrected chi connectivity index (χ2v) is 5.15. The van der Waals surface area contributed by atoms with E-state index in [1.54, 1.807) is 0 Å². The molecule has 2 aromatic carbocycles. The van der Waals surface area contributed by atoms with Gasteiger partial charge in [-0.05, 0) is 35.7 Å². The number of nitrogens with two attached hydrogens (primary N) is 1. The van der Waals surface area contributed by atoms with Crippen molar-refractivity contribution in [3.8, 4) is 11.5 Å². The molecule has 0 saturated heterocycles. The van der Waals surface area contributed by atoms with Crippen LogP contribution in [0.25, 0.3) is 0 Å². The Bertz CT molecular complexity index is 583. The van der Waals surface area contributed by atoms with Crippen molar-refractivity contribution >= 4 is 0 Å². The summed E-state index contributed by atoms with van der Waals surface area (Å²) in [5.74, 6) is 2.27. The average molecular weight is 269 g/mol. The zero-order valence-corrected chi connectivity index (χ0v) is 11.6. The van der Waals surface area contributed by atoms with Gasteiger partial charge in [-0.15, -0.1) is 0 Å². The van der Waals surface area contributed by atoms with Gasteiger partial charge in [0.1, 0.15) is 0 Å². The van der Waals surface area contributed by atoms with E-state index in [0.29, 0.717) is 19.3 Å². The van der Waals surface area contributed by atoms with Crippen LogP contribution in [0, 0.1) is 0 Å². The minimum atomic E-state index is 0.270. The third-order valence-electron chi connectivity index (χ3n) is 4.01. The van der Waals surface area contributed by atoms with Crippen LogP contribution in [0.15, 0.2) is 48.5 Å². The van der Waals surface area contributed by atoms with Crippen LogP contribution in [0.3, 0.4) is 0 Å². The predicted molar refractivity (Wildman–Crippen MR) is 79.2 cm³/mol. The third kappa shape index (κ3) is 2.37. The Morgan fingerprint density at radius 1 is 1.00 bits per heavy atom. The van der Waals surface area contributed by atoms with Gasteiger partial charge in [-0.25, -0.2) is 0 Å². The van der Waals surface area contributed by atoms with Crippen LogP contribution in [0.2, 0.25) is 0 Å². The highest BCUT2D eigenvalue weighted by Crippen LogP contribution is 2.38. The van der Waals surface area contributed by atoms with Crippen LogP contribution in [0.1, 0.15) is 29.9 Å². The molecular weight excluding hydrogens is 250 g/mol. The predicted octanol–water partition coefficient (Wildman–Crippen LogP) is 3.26. The van der Waals surface area contributed by atoms with Crippen molar-refractivity contribution in [3.05, 3.63) is 59.7 Å². The van der Waals surface area contributed by atoms with Crippen LogP contribution < -0.4 is 15.2 Å². The van der Waals surface area contributed by atoms with Gasteiger partial charge in [0.15, 0.2) is 11.5 Å². The van der Waals surface area contributed by atoms with Gasteiger partial charge in [-0.1, -0.05) is 43.3 Å². The molecule has 0 radical (unpaired) electrons. The summed E-state index contributed by atoms with van der Waals surface area (Å²) in [6.45, 7) is 3.13. The first-order valence-electron chi connectivity index (χ1n) is 6.94. The molecule has 3 heteroatoms. The third-order valence-corrected chi connectivity index (χ3v) is 4.01. The lowest BCUT2D eigenvalue weighted by Gasteiger charge is -2.23. The van der Waals surface area contributed by atoms with E-state index in [9.17, 15) is 0 Å². The van der Waals surface area contributed by atoms with Crippen molar-refractivity contribution in [3.63, 3.8) is 0 Å². The van der Waals surface area contributed by atoms with Gasteiger partial charge in [-0.2, -0.15) is 0 Å². The highest BCUT2D eigenvalue weighted by atomic mass is 16.7. The molecule has 3 nitrogen and oxygen atoms in total. The summed E-state index contributed by atoms with van der Waals surface area (Å²) < 4.78 is 10.8. The van der Waals surface area contributed by atoms with Crippen molar-refractivity contribution in [2.24, 2.45) is 5.73 Å². The van der Waals surface area contributed by atoms with Crippen molar-refractivity contribution in [2.45, 2.75) is 18.8 Å². The Balaban J connectivity index is 1.90. The summed E-state index contributed by atoms with van der Waals surface area (Å²) in [6, 6.07) is 16.6. The number of hydrogen-bond acceptors (Lipinski definition) is 3. The molecule has 104 valence electrons. The molecule has 0 saturated carbocycles. The lowest BCUT2D eigenvalue weighted by molar-refractivity contribution is 0.174. The average Bonchev–Trinajstić information content (AvgIpc) is 2.96. The Morgan fingerprint density at radius 2 is 1.75 bits per heavy atom. The summed E-state index contributed by atoms with van der Waals surface area (Å²) in [5.41, 5.74) is 8.52. The summed E-state index contributed by atoms with van der Waals surface area (Å²) in [4.78, 5) is 0. The standard InChI is InChI=1S/C17H19NO2/c1-12(13-5-3-2-4-6-13)15(10-18)14-7-8-16-17(9-14)20-11-19-16/h2-9,12,15H,10-11,18H2,1H3. The molecule has 0 fully saturated rings. The molecule has 1 aliphatic heterocycles. The van der Waals surface area contributed by atoms with E-state index in [-0.39, 0.29) is 5.92 Å². The Kier molecular flexibility index (Phi) is 3.61. The van der Waals surface area contributed by atoms with Gasteiger partial charge >= 0.3 is 0 Å². The molecule has 0 spiro atoms. The molecular formula is C17H19NO2. The lowest BCUT2D eigenvalue weighted by Crippen LogP contribution is -2.18. The molecule has 1 aliphatic rings. The number of rotatable bonds is 4. The van der Waals surface area contributed by atoms with Crippen molar-refractivity contribution < 1.29 is 9.47 Å². The molecule has 0 bridgehead atoms. The summed E-state index contributed by atoms with van der Waals surface area (Å²) in [5, 5.41) is 0. The highest BCUT2D eigenvalue weighted by Gasteiger charge is 2.22. The molecule has 2 N–H and O–H groups in total. The fraction of sp³-hybridized carbons (Fsp3) is 0.294. The fourth-order valence-corrected chi connectivity index (χ4v) is 2.76. The second kappa shape index (κ2) is 5.55. The van der Waals surface area contributed by atoms with Gasteiger partial charge in [0.25, 0.3) is 0 Å². The van der Waals surface area contributed by atoms with Crippen LogP contribution in [0.5, 0.6) is 11.5 Å². The van der Waals surface area contributed by atoms with Crippen molar-refractivity contribution in [1.82, 2.24) is 0 Å². The largest absolute Gasteiger partial charge is 0.454 e. The van der Waals surface area contributed by atoms with E-state index in [2.05, 4.69) is 43.3 Å². The Morgan fingerprint density at radius 3 is 2.50 bits per heavy atom. The number of fused-ring (bicyclic) bond motifs is 1. The summed E-state index contributed by atoms with van der Waals surface area (Å²) in [6.07, 6.45) is 0. The highest BCUT2D eigenvalue weighted by molar-refractivity contribution is 5.46. The topological polar surface area (TPSA) is 44.5 Å². The van der Waals surface area contributed by atoms with Crippen LogP contribution in [-0.2, 0) is 0 Å². The van der Waals surface area contributed by atoms with E-state index in [4.69, 9.17) is 15.2 Å². The van der Waals surface area contributed by atoms with Gasteiger partial charge < -0.3 is 15.2 Å². The molecule has 2 unspecified atom stereocenters. The second-order valence-electron chi connectivity index (χ2n) is 5.15. The first kappa shape index (κ1) is 13.0. The molecule has 2 aromatic rings. The molecule has 3 rings (SSSR count).